The van der Waals surface area contributed by atoms with Gasteiger partial charge in [-0.2, -0.15) is 0 Å². The van der Waals surface area contributed by atoms with Crippen molar-refractivity contribution in [2.75, 3.05) is 19.6 Å². The molecule has 0 aromatic carbocycles. The van der Waals surface area contributed by atoms with Gasteiger partial charge in [0.2, 0.25) is 5.91 Å². The molecule has 5 rings (SSSR count). The maximum Gasteiger partial charge on any atom is 0.227 e. The van der Waals surface area contributed by atoms with Gasteiger partial charge in [0.15, 0.2) is 0 Å². The van der Waals surface area contributed by atoms with Gasteiger partial charge >= 0.3 is 0 Å². The number of halogens is 1. The molecule has 5 nitrogen and oxygen atoms in total. The maximum absolute atomic E-state index is 14.1. The second kappa shape index (κ2) is 11.3. The second-order valence-electron chi connectivity index (χ2n) is 12.8. The van der Waals surface area contributed by atoms with Crippen molar-refractivity contribution in [3.63, 3.8) is 0 Å². The number of hydrogen-bond acceptors (Lipinski definition) is 4. The van der Waals surface area contributed by atoms with E-state index in [1.807, 2.05) is 0 Å². The molecule has 2 saturated carbocycles. The highest BCUT2D eigenvalue weighted by molar-refractivity contribution is 9.09. The van der Waals surface area contributed by atoms with E-state index in [-0.39, 0.29) is 5.92 Å². The Hall–Kier alpha value is -0.170. The molecule has 0 spiro atoms. The van der Waals surface area contributed by atoms with Crippen LogP contribution >= 0.6 is 15.9 Å². The van der Waals surface area contributed by atoms with Crippen LogP contribution in [-0.2, 0) is 4.79 Å². The Morgan fingerprint density at radius 2 is 1.80 bits per heavy atom. The quantitative estimate of drug-likeness (QED) is 0.457. The van der Waals surface area contributed by atoms with Crippen LogP contribution in [0.2, 0.25) is 0 Å². The summed E-state index contributed by atoms with van der Waals surface area (Å²) in [6.07, 6.45) is 12.9. The number of nitrogens with one attached hydrogen (secondary N) is 2. The molecule has 7 unspecified atom stereocenters. The van der Waals surface area contributed by atoms with E-state index in [9.17, 15) is 4.79 Å². The van der Waals surface area contributed by atoms with E-state index in [1.54, 1.807) is 0 Å². The Morgan fingerprint density at radius 3 is 2.49 bits per heavy atom. The van der Waals surface area contributed by atoms with Gasteiger partial charge in [0.25, 0.3) is 0 Å². The summed E-state index contributed by atoms with van der Waals surface area (Å²) in [7, 11) is 0. The fourth-order valence-electron chi connectivity index (χ4n) is 8.83. The zero-order valence-electron chi connectivity index (χ0n) is 22.7. The van der Waals surface area contributed by atoms with Gasteiger partial charge < -0.3 is 10.2 Å². The van der Waals surface area contributed by atoms with Crippen LogP contribution in [0.1, 0.15) is 91.9 Å². The van der Waals surface area contributed by atoms with Crippen LogP contribution < -0.4 is 10.6 Å². The standard InChI is InChI=1S/C29H51BrN4O/c1-5-7-24-27-25(6-2)33(29(35)22-12-13-23(30)21-14-15-31-26(21)22)16-17-34(27)28(32-24)20-10-8-19(9-11-20)18(3)4/h18-28,31-32H,5-17H2,1-4H3/t19?,20?,21?,22?,23?,24?,25-,26?,27?,28?/m0/s1. The molecule has 3 heterocycles. The Morgan fingerprint density at radius 1 is 1.03 bits per heavy atom. The highest BCUT2D eigenvalue weighted by atomic mass is 79.9. The summed E-state index contributed by atoms with van der Waals surface area (Å²) in [6.45, 7) is 12.5. The lowest BCUT2D eigenvalue weighted by atomic mass is 9.75. The molecule has 0 aromatic rings. The maximum atomic E-state index is 14.1. The predicted molar refractivity (Wildman–Crippen MR) is 148 cm³/mol. The number of alkyl halides is 1. The normalized spacial score (nSPS) is 44.5. The predicted octanol–water partition coefficient (Wildman–Crippen LogP) is 4.99. The van der Waals surface area contributed by atoms with Gasteiger partial charge in [0.1, 0.15) is 0 Å². The van der Waals surface area contributed by atoms with Crippen molar-refractivity contribution in [2.24, 2.45) is 29.6 Å². The molecule has 2 N–H and O–H groups in total. The summed E-state index contributed by atoms with van der Waals surface area (Å²) in [5.41, 5.74) is 0. The zero-order valence-corrected chi connectivity index (χ0v) is 24.3. The number of nitrogens with zero attached hydrogens (tertiary/aromatic N) is 2. The summed E-state index contributed by atoms with van der Waals surface area (Å²) in [5, 5.41) is 7.89. The average molecular weight is 552 g/mol. The monoisotopic (exact) mass is 550 g/mol. The van der Waals surface area contributed by atoms with E-state index in [2.05, 4.69) is 64.1 Å². The lowest BCUT2D eigenvalue weighted by Crippen LogP contribution is -2.64. The fourth-order valence-corrected chi connectivity index (χ4v) is 9.69. The highest BCUT2D eigenvalue weighted by Gasteiger charge is 2.53. The minimum Gasteiger partial charge on any atom is -0.337 e. The van der Waals surface area contributed by atoms with Crippen LogP contribution in [0.25, 0.3) is 0 Å². The number of piperazine rings is 1. The van der Waals surface area contributed by atoms with Crippen molar-refractivity contribution in [3.05, 3.63) is 0 Å². The molecule has 35 heavy (non-hydrogen) atoms. The third-order valence-electron chi connectivity index (χ3n) is 10.7. The molecule has 6 heteroatoms. The van der Waals surface area contributed by atoms with Gasteiger partial charge in [-0.3, -0.25) is 15.0 Å². The van der Waals surface area contributed by atoms with Crippen molar-refractivity contribution in [2.45, 2.75) is 127 Å². The van der Waals surface area contributed by atoms with E-state index in [0.29, 0.717) is 47.0 Å². The molecule has 5 aliphatic rings. The Bertz CT molecular complexity index is 725. The summed E-state index contributed by atoms with van der Waals surface area (Å²) < 4.78 is 0. The SMILES string of the molecule is CCCC1NC(C2CCC(C(C)C)CC2)N2CCN(C(=O)C3CCC(Br)C4CCNC34)[C@@H](CC)C12. The number of fused-ring (bicyclic) bond motifs is 2. The van der Waals surface area contributed by atoms with Crippen LogP contribution in [0.4, 0.5) is 0 Å². The summed E-state index contributed by atoms with van der Waals surface area (Å²) >= 11 is 3.93. The molecular formula is C29H51BrN4O. The minimum atomic E-state index is 0.165. The molecule has 0 bridgehead atoms. The zero-order chi connectivity index (χ0) is 24.7. The molecule has 5 fully saturated rings. The third-order valence-corrected chi connectivity index (χ3v) is 11.9. The first-order valence-electron chi connectivity index (χ1n) is 15.1. The van der Waals surface area contributed by atoms with Crippen molar-refractivity contribution < 1.29 is 4.79 Å². The molecule has 2 aliphatic carbocycles. The van der Waals surface area contributed by atoms with Gasteiger partial charge in [0.05, 0.1) is 12.1 Å². The second-order valence-corrected chi connectivity index (χ2v) is 14.0. The number of amides is 1. The van der Waals surface area contributed by atoms with Gasteiger partial charge in [-0.05, 0) is 88.0 Å². The molecule has 1 amide bonds. The number of hydrogen-bond donors (Lipinski definition) is 2. The van der Waals surface area contributed by atoms with Gasteiger partial charge in [-0.25, -0.2) is 0 Å². The number of carbonyl (C=O) groups is 1. The van der Waals surface area contributed by atoms with Crippen LogP contribution in [-0.4, -0.2) is 70.5 Å². The molecule has 3 aliphatic heterocycles. The smallest absolute Gasteiger partial charge is 0.227 e. The highest BCUT2D eigenvalue weighted by Crippen LogP contribution is 2.43. The third kappa shape index (κ3) is 5.00. The molecule has 0 aromatic heterocycles. The fraction of sp³-hybridized carbons (Fsp3) is 0.966. The lowest BCUT2D eigenvalue weighted by molar-refractivity contribution is -0.145. The van der Waals surface area contributed by atoms with E-state index in [4.69, 9.17) is 0 Å². The van der Waals surface area contributed by atoms with Crippen molar-refractivity contribution in [3.8, 4) is 0 Å². The summed E-state index contributed by atoms with van der Waals surface area (Å²) in [6, 6.07) is 1.71. The van der Waals surface area contributed by atoms with Crippen LogP contribution in [0.3, 0.4) is 0 Å². The van der Waals surface area contributed by atoms with Crippen LogP contribution in [0.5, 0.6) is 0 Å². The van der Waals surface area contributed by atoms with Gasteiger partial charge in [-0.1, -0.05) is 50.0 Å². The minimum absolute atomic E-state index is 0.165. The van der Waals surface area contributed by atoms with E-state index < -0.39 is 0 Å². The van der Waals surface area contributed by atoms with E-state index >= 15 is 0 Å². The number of carbonyl (C=O) groups excluding carboxylic acids is 1. The first-order valence-corrected chi connectivity index (χ1v) is 16.1. The largest absolute Gasteiger partial charge is 0.337 e. The average Bonchev–Trinajstić information content (AvgIpc) is 3.50. The molecular weight excluding hydrogens is 500 g/mol. The van der Waals surface area contributed by atoms with Crippen molar-refractivity contribution in [1.82, 2.24) is 20.4 Å². The van der Waals surface area contributed by atoms with Gasteiger partial charge in [0, 0.05) is 42.1 Å². The molecule has 0 radical (unpaired) electrons. The first kappa shape index (κ1) is 26.4. The molecule has 3 saturated heterocycles. The van der Waals surface area contributed by atoms with Crippen molar-refractivity contribution in [1.29, 1.82) is 0 Å². The molecule has 8 atom stereocenters. The summed E-state index contributed by atoms with van der Waals surface area (Å²) in [5.74, 6) is 3.74. The van der Waals surface area contributed by atoms with Gasteiger partial charge in [-0.15, -0.1) is 0 Å². The Labute approximate surface area is 223 Å². The lowest BCUT2D eigenvalue weighted by Gasteiger charge is -2.50. The topological polar surface area (TPSA) is 47.6 Å². The Balaban J connectivity index is 1.32. The van der Waals surface area contributed by atoms with E-state index in [0.717, 1.165) is 56.7 Å². The number of rotatable bonds is 6. The van der Waals surface area contributed by atoms with Crippen LogP contribution in [0, 0.1) is 29.6 Å². The summed E-state index contributed by atoms with van der Waals surface area (Å²) in [4.78, 5) is 19.9. The first-order chi connectivity index (χ1) is 16.9. The van der Waals surface area contributed by atoms with Crippen molar-refractivity contribution >= 4 is 21.8 Å². The molecule has 200 valence electrons. The Kier molecular flexibility index (Phi) is 8.53. The van der Waals surface area contributed by atoms with E-state index in [1.165, 1.54) is 44.9 Å². The van der Waals surface area contributed by atoms with Crippen LogP contribution in [0.15, 0.2) is 0 Å².